The van der Waals surface area contributed by atoms with Crippen LogP contribution < -0.4 is 5.32 Å². The predicted molar refractivity (Wildman–Crippen MR) is 73.2 cm³/mol. The van der Waals surface area contributed by atoms with Crippen molar-refractivity contribution in [1.29, 1.82) is 0 Å². The number of alkyl halides is 3. The van der Waals surface area contributed by atoms with Crippen LogP contribution in [0.15, 0.2) is 24.5 Å². The van der Waals surface area contributed by atoms with E-state index in [9.17, 15) is 18.0 Å². The van der Waals surface area contributed by atoms with E-state index in [4.69, 9.17) is 4.74 Å². The van der Waals surface area contributed by atoms with Crippen molar-refractivity contribution in [2.45, 2.75) is 31.1 Å². The number of carbonyl (C=O) groups is 1. The maximum atomic E-state index is 13.2. The molecule has 8 heteroatoms. The van der Waals surface area contributed by atoms with Gasteiger partial charge in [0.1, 0.15) is 0 Å². The summed E-state index contributed by atoms with van der Waals surface area (Å²) in [6.45, 7) is 1.16. The van der Waals surface area contributed by atoms with Gasteiger partial charge < -0.3 is 15.0 Å². The van der Waals surface area contributed by atoms with Gasteiger partial charge in [-0.05, 0) is 24.6 Å². The summed E-state index contributed by atoms with van der Waals surface area (Å²) >= 11 is 0. The maximum Gasteiger partial charge on any atom is 0.413 e. The number of ether oxygens (including phenoxy) is 1. The van der Waals surface area contributed by atoms with Crippen LogP contribution in [0.25, 0.3) is 0 Å². The number of nitrogens with one attached hydrogen (secondary N) is 1. The first kappa shape index (κ1) is 16.5. The quantitative estimate of drug-likeness (QED) is 0.932. The summed E-state index contributed by atoms with van der Waals surface area (Å²) in [4.78, 5) is 17.3. The summed E-state index contributed by atoms with van der Waals surface area (Å²) in [6.07, 6.45) is -1.70. The van der Waals surface area contributed by atoms with Gasteiger partial charge >= 0.3 is 12.2 Å². The maximum absolute atomic E-state index is 13.2. The van der Waals surface area contributed by atoms with Crippen LogP contribution in [0.2, 0.25) is 0 Å². The SMILES string of the molecule is C[C@@H](c1ccncc1)N(C)C(=O)N[C@]1(C(F)(F)F)CCOC1. The zero-order valence-corrected chi connectivity index (χ0v) is 12.4. The largest absolute Gasteiger partial charge is 0.413 e. The number of rotatable bonds is 3. The molecule has 5 nitrogen and oxygen atoms in total. The first-order valence-corrected chi connectivity index (χ1v) is 6.86. The van der Waals surface area contributed by atoms with Crippen LogP contribution >= 0.6 is 0 Å². The Morgan fingerprint density at radius 3 is 2.59 bits per heavy atom. The number of urea groups is 1. The Hall–Kier alpha value is -1.83. The normalized spacial score (nSPS) is 23.1. The van der Waals surface area contributed by atoms with E-state index in [1.807, 2.05) is 0 Å². The van der Waals surface area contributed by atoms with E-state index in [2.05, 4.69) is 10.3 Å². The first-order chi connectivity index (χ1) is 10.3. The van der Waals surface area contributed by atoms with E-state index in [0.29, 0.717) is 0 Å². The van der Waals surface area contributed by atoms with Gasteiger partial charge in [0.15, 0.2) is 5.54 Å². The van der Waals surface area contributed by atoms with Gasteiger partial charge in [-0.1, -0.05) is 0 Å². The highest BCUT2D eigenvalue weighted by molar-refractivity contribution is 5.75. The monoisotopic (exact) mass is 317 g/mol. The Balaban J connectivity index is 2.11. The molecule has 122 valence electrons. The molecule has 0 bridgehead atoms. The van der Waals surface area contributed by atoms with Crippen LogP contribution in [0.3, 0.4) is 0 Å². The van der Waals surface area contributed by atoms with E-state index < -0.39 is 24.4 Å². The lowest BCUT2D eigenvalue weighted by Crippen LogP contribution is -2.61. The van der Waals surface area contributed by atoms with E-state index in [0.717, 1.165) is 5.56 Å². The number of nitrogens with zero attached hydrogens (tertiary/aromatic N) is 2. The van der Waals surface area contributed by atoms with Gasteiger partial charge in [-0.25, -0.2) is 4.79 Å². The molecule has 2 heterocycles. The van der Waals surface area contributed by atoms with Crippen molar-refractivity contribution in [3.63, 3.8) is 0 Å². The standard InChI is InChI=1S/C14H18F3N3O2/c1-10(11-3-6-18-7-4-11)20(2)12(21)19-13(14(15,16)17)5-8-22-9-13/h3-4,6-7,10H,5,8-9H2,1-2H3,(H,19,21)/t10-,13+/m0/s1. The Morgan fingerprint density at radius 2 is 2.09 bits per heavy atom. The van der Waals surface area contributed by atoms with E-state index in [-0.39, 0.29) is 19.1 Å². The molecule has 1 aliphatic heterocycles. The molecule has 1 aliphatic rings. The van der Waals surface area contributed by atoms with Crippen LogP contribution in [0.1, 0.15) is 24.9 Å². The smallest absolute Gasteiger partial charge is 0.379 e. The third-order valence-corrected chi connectivity index (χ3v) is 4.00. The second kappa shape index (κ2) is 6.12. The molecular formula is C14H18F3N3O2. The average molecular weight is 317 g/mol. The van der Waals surface area contributed by atoms with Crippen LogP contribution in [-0.4, -0.2) is 47.9 Å². The minimum atomic E-state index is -4.56. The van der Waals surface area contributed by atoms with Crippen LogP contribution in [0.5, 0.6) is 0 Å². The summed E-state index contributed by atoms with van der Waals surface area (Å²) in [7, 11) is 1.46. The molecule has 1 aromatic rings. The highest BCUT2D eigenvalue weighted by Gasteiger charge is 2.58. The third kappa shape index (κ3) is 3.16. The number of amides is 2. The Morgan fingerprint density at radius 1 is 1.45 bits per heavy atom. The molecular weight excluding hydrogens is 299 g/mol. The summed E-state index contributed by atoms with van der Waals surface area (Å²) in [5.41, 5.74) is -1.52. The van der Waals surface area contributed by atoms with Gasteiger partial charge in [-0.3, -0.25) is 4.98 Å². The van der Waals surface area contributed by atoms with Crippen molar-refractivity contribution < 1.29 is 22.7 Å². The Bertz CT molecular complexity index is 516. The molecule has 1 saturated heterocycles. The fourth-order valence-corrected chi connectivity index (χ4v) is 2.29. The number of carbonyl (C=O) groups excluding carboxylic acids is 1. The van der Waals surface area contributed by atoms with Gasteiger partial charge in [0.2, 0.25) is 0 Å². The lowest BCUT2D eigenvalue weighted by Gasteiger charge is -2.34. The molecule has 2 rings (SSSR count). The van der Waals surface area contributed by atoms with Gasteiger partial charge in [-0.15, -0.1) is 0 Å². The van der Waals surface area contributed by atoms with Gasteiger partial charge in [0.05, 0.1) is 12.6 Å². The first-order valence-electron chi connectivity index (χ1n) is 6.86. The van der Waals surface area contributed by atoms with Crippen molar-refractivity contribution in [1.82, 2.24) is 15.2 Å². The lowest BCUT2D eigenvalue weighted by atomic mass is 9.98. The molecule has 2 atom stereocenters. The van der Waals surface area contributed by atoms with Crippen molar-refractivity contribution in [3.05, 3.63) is 30.1 Å². The van der Waals surface area contributed by atoms with Crippen LogP contribution in [0, 0.1) is 0 Å². The molecule has 1 N–H and O–H groups in total. The molecule has 0 aliphatic carbocycles. The molecule has 22 heavy (non-hydrogen) atoms. The molecule has 1 aromatic heterocycles. The van der Waals surface area contributed by atoms with Crippen molar-refractivity contribution >= 4 is 6.03 Å². The molecule has 0 spiro atoms. The van der Waals surface area contributed by atoms with Crippen molar-refractivity contribution in [3.8, 4) is 0 Å². The van der Waals surface area contributed by atoms with Gasteiger partial charge in [0.25, 0.3) is 0 Å². The summed E-state index contributed by atoms with van der Waals surface area (Å²) < 4.78 is 44.6. The van der Waals surface area contributed by atoms with Crippen molar-refractivity contribution in [2.24, 2.45) is 0 Å². The summed E-state index contributed by atoms with van der Waals surface area (Å²) in [6, 6.07) is 2.27. The highest BCUT2D eigenvalue weighted by atomic mass is 19.4. The number of halogens is 3. The summed E-state index contributed by atoms with van der Waals surface area (Å²) in [5.74, 6) is 0. The van der Waals surface area contributed by atoms with Crippen LogP contribution in [-0.2, 0) is 4.74 Å². The second-order valence-corrected chi connectivity index (χ2v) is 5.38. The average Bonchev–Trinajstić information content (AvgIpc) is 2.96. The molecule has 0 unspecified atom stereocenters. The molecule has 0 radical (unpaired) electrons. The Labute approximate surface area is 126 Å². The highest BCUT2D eigenvalue weighted by Crippen LogP contribution is 2.37. The van der Waals surface area contributed by atoms with E-state index >= 15 is 0 Å². The topological polar surface area (TPSA) is 54.5 Å². The fourth-order valence-electron chi connectivity index (χ4n) is 2.29. The minimum absolute atomic E-state index is 0.0244. The van der Waals surface area contributed by atoms with Gasteiger partial charge in [0, 0.05) is 32.5 Å². The lowest BCUT2D eigenvalue weighted by molar-refractivity contribution is -0.192. The second-order valence-electron chi connectivity index (χ2n) is 5.38. The Kier molecular flexibility index (Phi) is 4.60. The molecule has 1 fully saturated rings. The number of hydrogen-bond acceptors (Lipinski definition) is 3. The van der Waals surface area contributed by atoms with E-state index in [1.54, 1.807) is 31.5 Å². The minimum Gasteiger partial charge on any atom is -0.379 e. The zero-order chi connectivity index (χ0) is 16.4. The van der Waals surface area contributed by atoms with Crippen LogP contribution in [0.4, 0.5) is 18.0 Å². The number of hydrogen-bond donors (Lipinski definition) is 1. The van der Waals surface area contributed by atoms with Gasteiger partial charge in [-0.2, -0.15) is 13.2 Å². The number of aromatic nitrogens is 1. The van der Waals surface area contributed by atoms with Crippen molar-refractivity contribution in [2.75, 3.05) is 20.3 Å². The zero-order valence-electron chi connectivity index (χ0n) is 12.4. The third-order valence-electron chi connectivity index (χ3n) is 4.00. The number of pyridine rings is 1. The molecule has 0 saturated carbocycles. The molecule has 0 aromatic carbocycles. The summed E-state index contributed by atoms with van der Waals surface area (Å²) in [5, 5.41) is 2.10. The van der Waals surface area contributed by atoms with E-state index in [1.165, 1.54) is 11.9 Å². The molecule has 2 amide bonds. The predicted octanol–water partition coefficient (Wildman–Crippen LogP) is 2.51. The fraction of sp³-hybridized carbons (Fsp3) is 0.571.